The molecule has 0 aliphatic heterocycles. The van der Waals surface area contributed by atoms with Crippen molar-refractivity contribution in [1.82, 2.24) is 5.43 Å². The molecule has 2 rings (SSSR count). The van der Waals surface area contributed by atoms with E-state index in [4.69, 9.17) is 32.7 Å². The van der Waals surface area contributed by atoms with E-state index in [9.17, 15) is 9.59 Å². The van der Waals surface area contributed by atoms with Gasteiger partial charge in [-0.3, -0.25) is 15.8 Å². The molecule has 1 aliphatic rings. The van der Waals surface area contributed by atoms with E-state index in [-0.39, 0.29) is 13.0 Å². The number of aliphatic imine (C=N–C) groups is 1. The number of hydrogen-bond acceptors (Lipinski definition) is 6. The van der Waals surface area contributed by atoms with E-state index in [1.54, 1.807) is 18.2 Å². The molecule has 0 saturated heterocycles. The van der Waals surface area contributed by atoms with Crippen molar-refractivity contribution in [3.8, 4) is 5.75 Å². The number of nitrogens with zero attached hydrogens (tertiary/aromatic N) is 1. The van der Waals surface area contributed by atoms with Crippen molar-refractivity contribution in [3.63, 3.8) is 0 Å². The number of hydrogen-bond donors (Lipinski definition) is 2. The first-order valence-electron chi connectivity index (χ1n) is 8.86. The highest BCUT2D eigenvalue weighted by molar-refractivity contribution is 6.37. The molecule has 1 aromatic rings. The maximum Gasteiger partial charge on any atom is 0.341 e. The fourth-order valence-corrected chi connectivity index (χ4v) is 3.50. The lowest BCUT2D eigenvalue weighted by molar-refractivity contribution is -0.107. The molecule has 1 aromatic carbocycles. The second-order valence-corrected chi connectivity index (χ2v) is 7.55. The highest BCUT2D eigenvalue weighted by Gasteiger charge is 2.32. The number of benzene rings is 1. The summed E-state index contributed by atoms with van der Waals surface area (Å²) >= 11 is 13.1. The minimum Gasteiger partial charge on any atom is -0.496 e. The fourth-order valence-electron chi connectivity index (χ4n) is 2.78. The summed E-state index contributed by atoms with van der Waals surface area (Å²) in [5, 5.41) is 0.558. The fraction of sp³-hybridized carbons (Fsp3) is 0.350. The molecule has 2 N–H and O–H groups in total. The Bertz CT molecular complexity index is 863. The van der Waals surface area contributed by atoms with E-state index >= 15 is 0 Å². The molecule has 9 heteroatoms. The summed E-state index contributed by atoms with van der Waals surface area (Å²) in [6.45, 7) is 2.09. The molecule has 1 atom stereocenters. The van der Waals surface area contributed by atoms with Crippen LogP contribution in [0.5, 0.6) is 5.75 Å². The Morgan fingerprint density at radius 2 is 2.14 bits per heavy atom. The number of alkyl halides is 1. The Labute approximate surface area is 179 Å². The summed E-state index contributed by atoms with van der Waals surface area (Å²) in [5.74, 6) is 0.277. The number of anilines is 1. The molecule has 156 valence electrons. The second-order valence-electron chi connectivity index (χ2n) is 6.30. The van der Waals surface area contributed by atoms with Crippen molar-refractivity contribution < 1.29 is 19.1 Å². The number of nitrogens with one attached hydrogen (secondary N) is 2. The van der Waals surface area contributed by atoms with Crippen LogP contribution < -0.4 is 15.6 Å². The van der Waals surface area contributed by atoms with Gasteiger partial charge >= 0.3 is 5.97 Å². The van der Waals surface area contributed by atoms with Crippen molar-refractivity contribution in [2.45, 2.75) is 24.6 Å². The molecule has 1 unspecified atom stereocenters. The minimum absolute atomic E-state index is 0.270. The summed E-state index contributed by atoms with van der Waals surface area (Å²) < 4.78 is 10.0. The van der Waals surface area contributed by atoms with Gasteiger partial charge in [-0.25, -0.2) is 4.79 Å². The molecule has 29 heavy (non-hydrogen) atoms. The van der Waals surface area contributed by atoms with Crippen LogP contribution in [0.25, 0.3) is 0 Å². The van der Waals surface area contributed by atoms with Crippen molar-refractivity contribution in [2.75, 3.05) is 26.2 Å². The van der Waals surface area contributed by atoms with Crippen LogP contribution in [0.15, 0.2) is 45.9 Å². The Balaban J connectivity index is 2.28. The predicted octanol–water partition coefficient (Wildman–Crippen LogP) is 3.84. The molecule has 0 radical (unpaired) electrons. The van der Waals surface area contributed by atoms with Crippen molar-refractivity contribution in [2.24, 2.45) is 4.99 Å². The van der Waals surface area contributed by atoms with Crippen LogP contribution >= 0.6 is 23.2 Å². The largest absolute Gasteiger partial charge is 0.496 e. The molecule has 0 fully saturated rings. The Morgan fingerprint density at radius 3 is 2.76 bits per heavy atom. The van der Waals surface area contributed by atoms with Gasteiger partial charge in [0.25, 0.3) is 0 Å². The predicted molar refractivity (Wildman–Crippen MR) is 115 cm³/mol. The topological polar surface area (TPSA) is 89.0 Å². The molecule has 7 nitrogen and oxygen atoms in total. The van der Waals surface area contributed by atoms with Crippen LogP contribution in [0.4, 0.5) is 5.69 Å². The van der Waals surface area contributed by atoms with E-state index in [1.165, 1.54) is 14.2 Å². The second kappa shape index (κ2) is 10.3. The molecule has 1 aliphatic carbocycles. The smallest absolute Gasteiger partial charge is 0.341 e. The maximum absolute atomic E-state index is 11.8. The van der Waals surface area contributed by atoms with Crippen LogP contribution in [0.2, 0.25) is 0 Å². The van der Waals surface area contributed by atoms with Gasteiger partial charge in [0.05, 0.1) is 24.8 Å². The van der Waals surface area contributed by atoms with E-state index in [0.717, 1.165) is 6.29 Å². The Morgan fingerprint density at radius 1 is 1.38 bits per heavy atom. The van der Waals surface area contributed by atoms with Gasteiger partial charge in [-0.1, -0.05) is 23.8 Å². The van der Waals surface area contributed by atoms with Gasteiger partial charge in [0.1, 0.15) is 23.4 Å². The first-order chi connectivity index (χ1) is 13.8. The first kappa shape index (κ1) is 22.8. The molecular weight excluding hydrogens is 417 g/mol. The number of esters is 1. The third kappa shape index (κ3) is 5.74. The van der Waals surface area contributed by atoms with Crippen LogP contribution in [0.3, 0.4) is 0 Å². The number of carbonyl (C=O) groups excluding carboxylic acids is 2. The Hall–Kier alpha value is -2.51. The van der Waals surface area contributed by atoms with Crippen LogP contribution in [-0.4, -0.2) is 43.7 Å². The average Bonchev–Trinajstić information content (AvgIpc) is 2.70. The lowest BCUT2D eigenvalue weighted by Gasteiger charge is -2.28. The lowest BCUT2D eigenvalue weighted by atomic mass is 9.93. The molecule has 0 spiro atoms. The van der Waals surface area contributed by atoms with Crippen LogP contribution in [-0.2, 0) is 9.53 Å². The van der Waals surface area contributed by atoms with Gasteiger partial charge in [0, 0.05) is 36.1 Å². The summed E-state index contributed by atoms with van der Waals surface area (Å²) in [6, 6.07) is 4.90. The summed E-state index contributed by atoms with van der Waals surface area (Å²) in [5.41, 5.74) is 7.56. The van der Waals surface area contributed by atoms with Gasteiger partial charge in [0.15, 0.2) is 0 Å². The third-order valence-corrected chi connectivity index (χ3v) is 4.83. The van der Waals surface area contributed by atoms with Gasteiger partial charge in [-0.15, -0.1) is 11.6 Å². The first-order valence-corrected chi connectivity index (χ1v) is 9.62. The zero-order chi connectivity index (χ0) is 21.4. The van der Waals surface area contributed by atoms with Crippen LogP contribution in [0, 0.1) is 0 Å². The summed E-state index contributed by atoms with van der Waals surface area (Å²) in [7, 11) is 2.76. The van der Waals surface area contributed by atoms with E-state index < -0.39 is 10.8 Å². The van der Waals surface area contributed by atoms with Gasteiger partial charge in [-0.05, 0) is 19.1 Å². The van der Waals surface area contributed by atoms with E-state index in [2.05, 4.69) is 15.8 Å². The lowest BCUT2D eigenvalue weighted by Crippen LogP contribution is -2.38. The number of methoxy groups -OCH3 is 2. The molecular formula is C20H23Cl2N3O4. The number of ether oxygens (including phenoxy) is 2. The highest BCUT2D eigenvalue weighted by atomic mass is 35.5. The van der Waals surface area contributed by atoms with Crippen LogP contribution in [0.1, 0.15) is 30.1 Å². The zero-order valence-electron chi connectivity index (χ0n) is 16.4. The molecule has 0 bridgehead atoms. The van der Waals surface area contributed by atoms with E-state index in [1.807, 2.05) is 19.1 Å². The standard InChI is InChI=1S/C20H23Cl2N3O4/c1-20(22)9-4-6-15(21)17(20)18(23-10-5-11-26)25-24-13-7-8-14(19(27)29-3)16(12-13)28-2/h4,7-9,11-12,24H,5-6,10H2,1-3H3,(H,23,25). The normalized spacial score (nSPS) is 19.0. The number of aldehydes is 1. The van der Waals surface area contributed by atoms with Gasteiger partial charge in [-0.2, -0.15) is 0 Å². The number of halogens is 2. The van der Waals surface area contributed by atoms with Gasteiger partial charge < -0.3 is 14.3 Å². The van der Waals surface area contributed by atoms with Crippen molar-refractivity contribution in [1.29, 1.82) is 0 Å². The molecule has 0 saturated carbocycles. The van der Waals surface area contributed by atoms with Crippen molar-refractivity contribution in [3.05, 3.63) is 46.5 Å². The van der Waals surface area contributed by atoms with E-state index in [0.29, 0.717) is 39.9 Å². The third-order valence-electron chi connectivity index (χ3n) is 4.17. The SMILES string of the molecule is COC(=O)c1ccc(NNC(=NCCC=O)C2=C(Cl)CC=CC2(C)Cl)cc1OC. The number of hydrazine groups is 1. The van der Waals surface area contributed by atoms with Gasteiger partial charge in [0.2, 0.25) is 0 Å². The molecule has 0 heterocycles. The van der Waals surface area contributed by atoms with Crippen molar-refractivity contribution >= 4 is 47.0 Å². The monoisotopic (exact) mass is 439 g/mol. The molecule has 0 amide bonds. The number of carbonyl (C=O) groups is 2. The zero-order valence-corrected chi connectivity index (χ0v) is 17.9. The number of rotatable bonds is 8. The quantitative estimate of drug-likeness (QED) is 0.0934. The number of allylic oxidation sites excluding steroid dienone is 3. The molecule has 0 aromatic heterocycles. The summed E-state index contributed by atoms with van der Waals surface area (Å²) in [6.07, 6.45) is 5.34. The minimum atomic E-state index is -0.851. The maximum atomic E-state index is 11.8. The highest BCUT2D eigenvalue weighted by Crippen LogP contribution is 2.36. The Kier molecular flexibility index (Phi) is 8.10. The number of amidine groups is 1. The summed E-state index contributed by atoms with van der Waals surface area (Å²) in [4.78, 5) is 26.1. The average molecular weight is 440 g/mol.